The second kappa shape index (κ2) is 6.48. The molecule has 0 radical (unpaired) electrons. The molecule has 2 aromatic carbocycles. The Morgan fingerprint density at radius 2 is 2.00 bits per heavy atom. The summed E-state index contributed by atoms with van der Waals surface area (Å²) < 4.78 is 18.9. The topological polar surface area (TPSA) is 41.5 Å². The highest BCUT2D eigenvalue weighted by Crippen LogP contribution is 2.32. The maximum Gasteiger partial charge on any atom is 0.142 e. The van der Waals surface area contributed by atoms with Crippen LogP contribution < -0.4 is 10.1 Å². The molecule has 3 nitrogen and oxygen atoms in total. The molecular formula is C17H20FNO2. The maximum absolute atomic E-state index is 13.3. The summed E-state index contributed by atoms with van der Waals surface area (Å²) in [7, 11) is 0. The summed E-state index contributed by atoms with van der Waals surface area (Å²) in [4.78, 5) is 0. The lowest BCUT2D eigenvalue weighted by Crippen LogP contribution is -2.09. The van der Waals surface area contributed by atoms with Crippen molar-refractivity contribution in [2.45, 2.75) is 26.8 Å². The van der Waals surface area contributed by atoms with Crippen LogP contribution >= 0.6 is 0 Å². The van der Waals surface area contributed by atoms with Gasteiger partial charge in [-0.3, -0.25) is 0 Å². The Labute approximate surface area is 124 Å². The van der Waals surface area contributed by atoms with Crippen LogP contribution in [0.25, 0.3) is 0 Å². The molecule has 0 heterocycles. The molecule has 0 aliphatic rings. The smallest absolute Gasteiger partial charge is 0.142 e. The van der Waals surface area contributed by atoms with Gasteiger partial charge in [-0.2, -0.15) is 0 Å². The fraction of sp³-hybridized carbons (Fsp3) is 0.294. The second-order valence-electron chi connectivity index (χ2n) is 5.00. The first-order chi connectivity index (χ1) is 10.0. The van der Waals surface area contributed by atoms with E-state index >= 15 is 0 Å². The van der Waals surface area contributed by atoms with E-state index < -0.39 is 0 Å². The van der Waals surface area contributed by atoms with Gasteiger partial charge in [-0.1, -0.05) is 6.07 Å². The minimum atomic E-state index is -0.370. The van der Waals surface area contributed by atoms with Crippen molar-refractivity contribution in [2.75, 3.05) is 11.9 Å². The van der Waals surface area contributed by atoms with Gasteiger partial charge in [0.2, 0.25) is 0 Å². The van der Waals surface area contributed by atoms with Crippen LogP contribution in [0.1, 0.15) is 31.0 Å². The van der Waals surface area contributed by atoms with Crippen LogP contribution in [-0.2, 0) is 0 Å². The molecule has 2 rings (SSSR count). The van der Waals surface area contributed by atoms with Crippen molar-refractivity contribution in [1.82, 2.24) is 0 Å². The van der Waals surface area contributed by atoms with Gasteiger partial charge < -0.3 is 15.2 Å². The lowest BCUT2D eigenvalue weighted by molar-refractivity contribution is 0.341. The molecule has 0 amide bonds. The van der Waals surface area contributed by atoms with Gasteiger partial charge in [-0.25, -0.2) is 4.39 Å². The highest BCUT2D eigenvalue weighted by molar-refractivity contribution is 5.59. The molecule has 0 spiro atoms. The standard InChI is InChI=1S/C17H20FNO2/c1-4-21-17-9-11(2)5-7-15(17)19-12(3)14-10-13(18)6-8-16(14)20/h5-10,12,19-20H,4H2,1-3H3. The predicted molar refractivity (Wildman–Crippen MR) is 82.5 cm³/mol. The summed E-state index contributed by atoms with van der Waals surface area (Å²) >= 11 is 0. The van der Waals surface area contributed by atoms with Crippen molar-refractivity contribution >= 4 is 5.69 Å². The van der Waals surface area contributed by atoms with E-state index in [1.54, 1.807) is 0 Å². The second-order valence-corrected chi connectivity index (χ2v) is 5.00. The Morgan fingerprint density at radius 3 is 2.71 bits per heavy atom. The normalized spacial score (nSPS) is 12.0. The molecule has 0 aliphatic carbocycles. The quantitative estimate of drug-likeness (QED) is 0.856. The molecule has 0 saturated carbocycles. The number of rotatable bonds is 5. The van der Waals surface area contributed by atoms with Crippen molar-refractivity contribution in [3.05, 3.63) is 53.3 Å². The first-order valence-electron chi connectivity index (χ1n) is 6.99. The van der Waals surface area contributed by atoms with Gasteiger partial charge in [-0.15, -0.1) is 0 Å². The molecule has 0 bridgehead atoms. The molecule has 2 aromatic rings. The van der Waals surface area contributed by atoms with E-state index in [1.807, 2.05) is 39.0 Å². The molecule has 4 heteroatoms. The van der Waals surface area contributed by atoms with Gasteiger partial charge in [0.15, 0.2) is 0 Å². The van der Waals surface area contributed by atoms with Crippen LogP contribution in [0.3, 0.4) is 0 Å². The number of hydrogen-bond donors (Lipinski definition) is 2. The number of ether oxygens (including phenoxy) is 1. The number of phenolic OH excluding ortho intramolecular Hbond substituents is 1. The Bertz CT molecular complexity index is 628. The monoisotopic (exact) mass is 289 g/mol. The van der Waals surface area contributed by atoms with E-state index in [9.17, 15) is 9.50 Å². The molecule has 1 unspecified atom stereocenters. The Kier molecular flexibility index (Phi) is 4.68. The first-order valence-corrected chi connectivity index (χ1v) is 6.99. The van der Waals surface area contributed by atoms with E-state index in [0.717, 1.165) is 17.0 Å². The van der Waals surface area contributed by atoms with Crippen LogP contribution in [0, 0.1) is 12.7 Å². The molecule has 21 heavy (non-hydrogen) atoms. The zero-order chi connectivity index (χ0) is 15.4. The number of halogens is 1. The zero-order valence-corrected chi connectivity index (χ0v) is 12.5. The third kappa shape index (κ3) is 3.66. The Morgan fingerprint density at radius 1 is 1.24 bits per heavy atom. The molecular weight excluding hydrogens is 269 g/mol. The van der Waals surface area contributed by atoms with Crippen LogP contribution in [0.2, 0.25) is 0 Å². The van der Waals surface area contributed by atoms with Crippen molar-refractivity contribution in [1.29, 1.82) is 0 Å². The van der Waals surface area contributed by atoms with Crippen molar-refractivity contribution in [3.63, 3.8) is 0 Å². The summed E-state index contributed by atoms with van der Waals surface area (Å²) in [5.41, 5.74) is 2.43. The summed E-state index contributed by atoms with van der Waals surface area (Å²) in [5.74, 6) is 0.451. The third-order valence-corrected chi connectivity index (χ3v) is 3.27. The fourth-order valence-corrected chi connectivity index (χ4v) is 2.21. The number of anilines is 1. The zero-order valence-electron chi connectivity index (χ0n) is 12.5. The van der Waals surface area contributed by atoms with Crippen molar-refractivity contribution in [3.8, 4) is 11.5 Å². The van der Waals surface area contributed by atoms with E-state index in [4.69, 9.17) is 4.74 Å². The summed E-state index contributed by atoms with van der Waals surface area (Å²) in [5, 5.41) is 13.1. The van der Waals surface area contributed by atoms with Crippen molar-refractivity contribution < 1.29 is 14.2 Å². The van der Waals surface area contributed by atoms with Gasteiger partial charge in [0, 0.05) is 5.56 Å². The number of aromatic hydroxyl groups is 1. The average Bonchev–Trinajstić information content (AvgIpc) is 2.44. The van der Waals surface area contributed by atoms with Gasteiger partial charge >= 0.3 is 0 Å². The molecule has 112 valence electrons. The van der Waals surface area contributed by atoms with E-state index in [-0.39, 0.29) is 17.6 Å². The van der Waals surface area contributed by atoms with E-state index in [1.165, 1.54) is 18.2 Å². The lowest BCUT2D eigenvalue weighted by Gasteiger charge is -2.19. The van der Waals surface area contributed by atoms with Crippen molar-refractivity contribution in [2.24, 2.45) is 0 Å². The summed E-state index contributed by atoms with van der Waals surface area (Å²) in [6.45, 7) is 6.35. The van der Waals surface area contributed by atoms with Gasteiger partial charge in [0.25, 0.3) is 0 Å². The highest BCUT2D eigenvalue weighted by atomic mass is 19.1. The number of aryl methyl sites for hydroxylation is 1. The van der Waals surface area contributed by atoms with E-state index in [2.05, 4.69) is 5.32 Å². The largest absolute Gasteiger partial charge is 0.508 e. The van der Waals surface area contributed by atoms with Crippen LogP contribution in [0.15, 0.2) is 36.4 Å². The maximum atomic E-state index is 13.3. The molecule has 0 aromatic heterocycles. The SMILES string of the molecule is CCOc1cc(C)ccc1NC(C)c1cc(F)ccc1O. The van der Waals surface area contributed by atoms with Crippen LogP contribution in [-0.4, -0.2) is 11.7 Å². The molecule has 0 fully saturated rings. The van der Waals surface area contributed by atoms with E-state index in [0.29, 0.717) is 12.2 Å². The highest BCUT2D eigenvalue weighted by Gasteiger charge is 2.13. The molecule has 1 atom stereocenters. The van der Waals surface area contributed by atoms with Gasteiger partial charge in [0.05, 0.1) is 18.3 Å². The number of phenols is 1. The van der Waals surface area contributed by atoms with Gasteiger partial charge in [-0.05, 0) is 56.7 Å². The summed E-state index contributed by atoms with van der Waals surface area (Å²) in [6, 6.07) is 9.54. The fourth-order valence-electron chi connectivity index (χ4n) is 2.21. The molecule has 0 saturated heterocycles. The number of benzene rings is 2. The number of nitrogens with one attached hydrogen (secondary N) is 1. The van der Waals surface area contributed by atoms with Crippen LogP contribution in [0.5, 0.6) is 11.5 Å². The average molecular weight is 289 g/mol. The molecule has 2 N–H and O–H groups in total. The predicted octanol–water partition coefficient (Wildman–Crippen LogP) is 4.41. The Balaban J connectivity index is 2.26. The molecule has 0 aliphatic heterocycles. The minimum absolute atomic E-state index is 0.0708. The number of hydrogen-bond acceptors (Lipinski definition) is 3. The minimum Gasteiger partial charge on any atom is -0.508 e. The van der Waals surface area contributed by atoms with Crippen LogP contribution in [0.4, 0.5) is 10.1 Å². The Hall–Kier alpha value is -2.23. The summed E-state index contributed by atoms with van der Waals surface area (Å²) in [6.07, 6.45) is 0. The first kappa shape index (κ1) is 15.2. The van der Waals surface area contributed by atoms with Gasteiger partial charge in [0.1, 0.15) is 17.3 Å². The lowest BCUT2D eigenvalue weighted by atomic mass is 10.1. The third-order valence-electron chi connectivity index (χ3n) is 3.27.